The lowest BCUT2D eigenvalue weighted by atomic mass is 9.97. The Morgan fingerprint density at radius 3 is 2.90 bits per heavy atom. The molecular weight excluding hydrogens is 392 g/mol. The molecule has 1 amide bonds. The van der Waals surface area contributed by atoms with Gasteiger partial charge in [0, 0.05) is 56.5 Å². The van der Waals surface area contributed by atoms with E-state index in [2.05, 4.69) is 34.4 Å². The van der Waals surface area contributed by atoms with E-state index in [4.69, 9.17) is 9.73 Å². The van der Waals surface area contributed by atoms with Gasteiger partial charge in [-0.05, 0) is 45.1 Å². The fourth-order valence-corrected chi connectivity index (χ4v) is 4.22. The molecule has 2 aliphatic heterocycles. The summed E-state index contributed by atoms with van der Waals surface area (Å²) in [5.41, 5.74) is 1.13. The Hall–Kier alpha value is -2.19. The van der Waals surface area contributed by atoms with Crippen molar-refractivity contribution in [3.8, 4) is 0 Å². The molecule has 8 heteroatoms. The number of hydrogen-bond acceptors (Lipinski definition) is 6. The minimum atomic E-state index is -0.790. The van der Waals surface area contributed by atoms with Crippen LogP contribution in [0.1, 0.15) is 59.8 Å². The van der Waals surface area contributed by atoms with Gasteiger partial charge in [-0.2, -0.15) is 0 Å². The number of piperidine rings is 1. The van der Waals surface area contributed by atoms with Gasteiger partial charge >= 0.3 is 0 Å². The number of likely N-dealkylation sites (tertiary alicyclic amines) is 1. The first kappa shape index (κ1) is 23.5. The van der Waals surface area contributed by atoms with Crippen molar-refractivity contribution in [1.29, 1.82) is 0 Å². The van der Waals surface area contributed by atoms with E-state index in [1.807, 2.05) is 36.9 Å². The van der Waals surface area contributed by atoms with E-state index in [1.54, 1.807) is 12.5 Å². The Balaban J connectivity index is 1.71. The molecule has 172 valence electrons. The summed E-state index contributed by atoms with van der Waals surface area (Å²) in [6.07, 6.45) is 14.1. The zero-order valence-corrected chi connectivity index (χ0v) is 19.4. The molecule has 0 saturated carbocycles. The standard InChI is InChI=1S/C23H38N6O2/c1-18(2)21-9-11-26-23(27-21,28-14-12-24-17-28)29-13-6-5-8-20(29)16-22(30)25-10-7-15-31-19(3)4/h9,11-12,14,17-20,27H,5-8,10,13,15-16H2,1-4H3,(H,25,30). The summed E-state index contributed by atoms with van der Waals surface area (Å²) in [7, 11) is 0. The number of carbonyl (C=O) groups is 1. The average Bonchev–Trinajstić information content (AvgIpc) is 3.29. The third-order valence-corrected chi connectivity index (χ3v) is 5.85. The molecule has 1 aromatic heterocycles. The van der Waals surface area contributed by atoms with Crippen LogP contribution in [0.25, 0.3) is 0 Å². The first-order valence-corrected chi connectivity index (χ1v) is 11.6. The largest absolute Gasteiger partial charge is 0.379 e. The zero-order valence-electron chi connectivity index (χ0n) is 19.4. The Morgan fingerprint density at radius 2 is 2.19 bits per heavy atom. The van der Waals surface area contributed by atoms with Crippen LogP contribution in [0.15, 0.2) is 35.5 Å². The second-order valence-electron chi connectivity index (χ2n) is 8.96. The van der Waals surface area contributed by atoms with Crippen molar-refractivity contribution in [2.24, 2.45) is 10.9 Å². The molecule has 0 radical (unpaired) electrons. The van der Waals surface area contributed by atoms with Gasteiger partial charge in [0.2, 0.25) is 5.91 Å². The van der Waals surface area contributed by atoms with Crippen molar-refractivity contribution in [3.63, 3.8) is 0 Å². The summed E-state index contributed by atoms with van der Waals surface area (Å²) in [5, 5.41) is 6.74. The number of carbonyl (C=O) groups excluding carboxylic acids is 1. The Morgan fingerprint density at radius 1 is 1.35 bits per heavy atom. The molecule has 0 aromatic carbocycles. The third-order valence-electron chi connectivity index (χ3n) is 5.85. The number of rotatable bonds is 10. The van der Waals surface area contributed by atoms with Gasteiger partial charge in [0.15, 0.2) is 0 Å². The lowest BCUT2D eigenvalue weighted by molar-refractivity contribution is -0.125. The number of aliphatic imine (C=N–C) groups is 1. The number of hydrogen-bond donors (Lipinski definition) is 2. The van der Waals surface area contributed by atoms with Gasteiger partial charge in [0.25, 0.3) is 5.91 Å². The first-order chi connectivity index (χ1) is 14.9. The zero-order chi connectivity index (χ0) is 22.3. The molecule has 1 fully saturated rings. The highest BCUT2D eigenvalue weighted by atomic mass is 16.5. The summed E-state index contributed by atoms with van der Waals surface area (Å²) in [6.45, 7) is 10.6. The smallest absolute Gasteiger partial charge is 0.276 e. The highest BCUT2D eigenvalue weighted by Gasteiger charge is 2.45. The Kier molecular flexibility index (Phi) is 8.26. The highest BCUT2D eigenvalue weighted by Crippen LogP contribution is 2.33. The van der Waals surface area contributed by atoms with Gasteiger partial charge in [0.1, 0.15) is 0 Å². The summed E-state index contributed by atoms with van der Waals surface area (Å²) >= 11 is 0. The van der Waals surface area contributed by atoms with E-state index >= 15 is 0 Å². The highest BCUT2D eigenvalue weighted by molar-refractivity contribution is 5.76. The fraction of sp³-hybridized carbons (Fsp3) is 0.696. The maximum Gasteiger partial charge on any atom is 0.276 e. The van der Waals surface area contributed by atoms with E-state index in [-0.39, 0.29) is 18.1 Å². The van der Waals surface area contributed by atoms with Crippen molar-refractivity contribution in [2.75, 3.05) is 19.7 Å². The number of nitrogens with one attached hydrogen (secondary N) is 2. The van der Waals surface area contributed by atoms with Gasteiger partial charge < -0.3 is 15.4 Å². The molecule has 2 N–H and O–H groups in total. The monoisotopic (exact) mass is 430 g/mol. The van der Waals surface area contributed by atoms with Crippen molar-refractivity contribution >= 4 is 12.1 Å². The van der Waals surface area contributed by atoms with E-state index < -0.39 is 5.91 Å². The number of amides is 1. The molecule has 2 atom stereocenters. The first-order valence-electron chi connectivity index (χ1n) is 11.6. The average molecular weight is 431 g/mol. The van der Waals surface area contributed by atoms with E-state index in [0.29, 0.717) is 25.5 Å². The summed E-state index contributed by atoms with van der Waals surface area (Å²) in [6, 6.07) is 0.0965. The predicted molar refractivity (Wildman–Crippen MR) is 122 cm³/mol. The van der Waals surface area contributed by atoms with Crippen LogP contribution in [0.5, 0.6) is 0 Å². The lowest BCUT2D eigenvalue weighted by Gasteiger charge is -2.49. The SMILES string of the molecule is CC(C)OCCCNC(=O)CC1CCCCN1C1(n2ccnc2)N=CC=C(C(C)C)N1. The van der Waals surface area contributed by atoms with E-state index in [0.717, 1.165) is 37.9 Å². The Bertz CT molecular complexity index is 758. The molecule has 0 aliphatic carbocycles. The van der Waals surface area contributed by atoms with Crippen LogP contribution >= 0.6 is 0 Å². The van der Waals surface area contributed by atoms with Crippen molar-refractivity contribution < 1.29 is 9.53 Å². The van der Waals surface area contributed by atoms with Crippen LogP contribution in [-0.4, -0.2) is 58.4 Å². The van der Waals surface area contributed by atoms with E-state index in [9.17, 15) is 4.79 Å². The second kappa shape index (κ2) is 10.9. The number of imidazole rings is 1. The molecule has 0 spiro atoms. The van der Waals surface area contributed by atoms with Gasteiger partial charge in [-0.1, -0.05) is 20.3 Å². The molecular formula is C23H38N6O2. The number of nitrogens with zero attached hydrogens (tertiary/aromatic N) is 4. The minimum absolute atomic E-state index is 0.0849. The van der Waals surface area contributed by atoms with Gasteiger partial charge in [0.05, 0.1) is 12.4 Å². The van der Waals surface area contributed by atoms with Crippen LogP contribution in [0.2, 0.25) is 0 Å². The second-order valence-corrected chi connectivity index (χ2v) is 8.96. The van der Waals surface area contributed by atoms with Crippen LogP contribution in [0, 0.1) is 5.92 Å². The maximum atomic E-state index is 12.7. The minimum Gasteiger partial charge on any atom is -0.379 e. The quantitative estimate of drug-likeness (QED) is 0.558. The van der Waals surface area contributed by atoms with Crippen LogP contribution in [0.4, 0.5) is 0 Å². The van der Waals surface area contributed by atoms with Gasteiger partial charge in [-0.25, -0.2) is 14.9 Å². The molecule has 0 bridgehead atoms. The molecule has 3 rings (SSSR count). The van der Waals surface area contributed by atoms with Crippen molar-refractivity contribution in [1.82, 2.24) is 25.1 Å². The molecule has 1 aromatic rings. The molecule has 2 aliphatic rings. The van der Waals surface area contributed by atoms with Crippen molar-refractivity contribution in [2.45, 2.75) is 77.9 Å². The van der Waals surface area contributed by atoms with Crippen LogP contribution in [0.3, 0.4) is 0 Å². The molecule has 3 heterocycles. The summed E-state index contributed by atoms with van der Waals surface area (Å²) in [4.78, 5) is 24.3. The normalized spacial score (nSPS) is 24.3. The van der Waals surface area contributed by atoms with Crippen LogP contribution in [-0.2, 0) is 15.4 Å². The Labute approximate surface area is 186 Å². The number of allylic oxidation sites excluding steroid dienone is 2. The summed E-state index contributed by atoms with van der Waals surface area (Å²) < 4.78 is 7.57. The number of ether oxygens (including phenoxy) is 1. The molecule has 8 nitrogen and oxygen atoms in total. The lowest BCUT2D eigenvalue weighted by Crippen LogP contribution is -2.64. The van der Waals surface area contributed by atoms with E-state index in [1.165, 1.54) is 0 Å². The summed E-state index contributed by atoms with van der Waals surface area (Å²) in [5.74, 6) is -0.364. The topological polar surface area (TPSA) is 83.8 Å². The van der Waals surface area contributed by atoms with Crippen molar-refractivity contribution in [3.05, 3.63) is 30.5 Å². The third kappa shape index (κ3) is 5.95. The maximum absolute atomic E-state index is 12.7. The fourth-order valence-electron chi connectivity index (χ4n) is 4.22. The molecule has 31 heavy (non-hydrogen) atoms. The number of aromatic nitrogens is 2. The molecule has 2 unspecified atom stereocenters. The van der Waals surface area contributed by atoms with Crippen LogP contribution < -0.4 is 10.6 Å². The van der Waals surface area contributed by atoms with Gasteiger partial charge in [-0.3, -0.25) is 9.36 Å². The van der Waals surface area contributed by atoms with Gasteiger partial charge in [-0.15, -0.1) is 0 Å². The molecule has 1 saturated heterocycles. The predicted octanol–water partition coefficient (Wildman–Crippen LogP) is 2.84.